The summed E-state index contributed by atoms with van der Waals surface area (Å²) < 4.78 is 22.8. The van der Waals surface area contributed by atoms with Crippen molar-refractivity contribution >= 4 is 5.97 Å². The first-order valence-corrected chi connectivity index (χ1v) is 21.9. The lowest BCUT2D eigenvalue weighted by Crippen LogP contribution is -2.59. The lowest BCUT2D eigenvalue weighted by Gasteiger charge is -2.39. The van der Waals surface area contributed by atoms with Crippen molar-refractivity contribution in [2.24, 2.45) is 17.8 Å². The number of aliphatic hydroxyl groups excluding tert-OH is 4. The zero-order chi connectivity index (χ0) is 41.4. The fraction of sp³-hybridized carbons (Fsp3) is 0.766. The molecule has 0 aromatic carbocycles. The number of hydrogen-bond acceptors (Lipinski definition) is 9. The van der Waals surface area contributed by atoms with Crippen LogP contribution in [-0.2, 0) is 23.7 Å². The highest BCUT2D eigenvalue weighted by atomic mass is 16.7. The molecule has 4 N–H and O–H groups in total. The van der Waals surface area contributed by atoms with Crippen molar-refractivity contribution in [1.82, 2.24) is 0 Å². The second-order valence-corrected chi connectivity index (χ2v) is 16.3. The van der Waals surface area contributed by atoms with Crippen LogP contribution in [0.1, 0.15) is 151 Å². The van der Waals surface area contributed by atoms with Crippen LogP contribution < -0.4 is 0 Å². The molecule has 324 valence electrons. The van der Waals surface area contributed by atoms with Crippen LogP contribution in [0.2, 0.25) is 0 Å². The molecule has 0 bridgehead atoms. The molecule has 9 nitrogen and oxygen atoms in total. The van der Waals surface area contributed by atoms with E-state index in [-0.39, 0.29) is 25.6 Å². The molecule has 0 aromatic rings. The average Bonchev–Trinajstić information content (AvgIpc) is 3.16. The van der Waals surface area contributed by atoms with Crippen molar-refractivity contribution in [3.05, 3.63) is 60.3 Å². The smallest absolute Gasteiger partial charge is 0.306 e. The zero-order valence-corrected chi connectivity index (χ0v) is 36.1. The van der Waals surface area contributed by atoms with E-state index in [4.69, 9.17) is 18.9 Å². The summed E-state index contributed by atoms with van der Waals surface area (Å²) in [4.78, 5) is 12.8. The standard InChI is InChI=1S/C47H82O9/c1-7-8-9-10-11-12-13-14-15-16-17-18-19-20-21-31-43(49)55-41(36-54-47-46(52)45(51)44(50)42(34-48)56-47)35-53-33-32-40(6)30-24-29-39(5)28-23-27-38(4)26-22-25-37(2)3/h8-9,11-12,14-15,17-18,32,37-39,41-42,44-48,50-52H,7,10,13,16,19-31,33-36H2,1-6H3. The Morgan fingerprint density at radius 2 is 1.29 bits per heavy atom. The molecule has 1 aliphatic rings. The molecule has 0 spiro atoms. The lowest BCUT2D eigenvalue weighted by atomic mass is 9.91. The van der Waals surface area contributed by atoms with Crippen molar-refractivity contribution in [3.63, 3.8) is 0 Å². The highest BCUT2D eigenvalue weighted by Crippen LogP contribution is 2.24. The number of carbonyl (C=O) groups excluding carboxylic acids is 1. The average molecular weight is 791 g/mol. The Balaban J connectivity index is 2.49. The van der Waals surface area contributed by atoms with E-state index in [1.165, 1.54) is 50.5 Å². The van der Waals surface area contributed by atoms with Crippen molar-refractivity contribution in [1.29, 1.82) is 0 Å². The van der Waals surface area contributed by atoms with Gasteiger partial charge in [-0.05, 0) is 82.5 Å². The second kappa shape index (κ2) is 33.8. The molecule has 1 aliphatic heterocycles. The summed E-state index contributed by atoms with van der Waals surface area (Å²) in [6, 6.07) is 0. The van der Waals surface area contributed by atoms with Crippen LogP contribution in [0.15, 0.2) is 60.3 Å². The third-order valence-electron chi connectivity index (χ3n) is 10.3. The van der Waals surface area contributed by atoms with Gasteiger partial charge in [-0.25, -0.2) is 0 Å². The number of rotatable bonds is 33. The van der Waals surface area contributed by atoms with Crippen LogP contribution in [0.3, 0.4) is 0 Å². The Morgan fingerprint density at radius 1 is 0.696 bits per heavy atom. The summed E-state index contributed by atoms with van der Waals surface area (Å²) in [5.74, 6) is 1.97. The van der Waals surface area contributed by atoms with E-state index in [2.05, 4.69) is 96.2 Å². The Labute approximate surface area is 341 Å². The minimum absolute atomic E-state index is 0.0713. The van der Waals surface area contributed by atoms with Gasteiger partial charge in [-0.2, -0.15) is 0 Å². The molecule has 1 saturated heterocycles. The number of esters is 1. The number of aliphatic hydroxyl groups is 4. The third-order valence-corrected chi connectivity index (χ3v) is 10.3. The van der Waals surface area contributed by atoms with Gasteiger partial charge in [0.2, 0.25) is 0 Å². The SMILES string of the molecule is CCC=CCC=CCC=CCC=CCCCCC(=O)OC(COCC=C(C)CCCC(C)CCCC(C)CCCC(C)C)COC1OC(CO)C(O)C(O)C1O. The molecular weight excluding hydrogens is 709 g/mol. The van der Waals surface area contributed by atoms with Gasteiger partial charge in [0.1, 0.15) is 30.5 Å². The van der Waals surface area contributed by atoms with E-state index in [1.54, 1.807) is 0 Å². The number of hydrogen-bond donors (Lipinski definition) is 4. The van der Waals surface area contributed by atoms with Gasteiger partial charge in [0, 0.05) is 6.42 Å². The van der Waals surface area contributed by atoms with Gasteiger partial charge in [-0.1, -0.05) is 140 Å². The molecule has 8 atom stereocenters. The second-order valence-electron chi connectivity index (χ2n) is 16.3. The Kier molecular flexibility index (Phi) is 31.3. The molecule has 9 heteroatoms. The van der Waals surface area contributed by atoms with Gasteiger partial charge in [-0.3, -0.25) is 4.79 Å². The van der Waals surface area contributed by atoms with Gasteiger partial charge < -0.3 is 39.4 Å². The summed E-state index contributed by atoms with van der Waals surface area (Å²) in [5.41, 5.74) is 1.26. The summed E-state index contributed by atoms with van der Waals surface area (Å²) >= 11 is 0. The highest BCUT2D eigenvalue weighted by Gasteiger charge is 2.44. The normalized spacial score (nSPS) is 22.6. The molecule has 1 heterocycles. The first-order valence-electron chi connectivity index (χ1n) is 21.9. The molecule has 1 rings (SSSR count). The highest BCUT2D eigenvalue weighted by molar-refractivity contribution is 5.69. The fourth-order valence-electron chi connectivity index (χ4n) is 6.61. The topological polar surface area (TPSA) is 135 Å². The Hall–Kier alpha value is -2.11. The molecule has 0 radical (unpaired) electrons. The van der Waals surface area contributed by atoms with Crippen LogP contribution in [0.4, 0.5) is 0 Å². The number of allylic oxidation sites excluding steroid dienone is 9. The molecule has 0 aromatic heterocycles. The maximum absolute atomic E-state index is 12.8. The van der Waals surface area contributed by atoms with E-state index in [9.17, 15) is 25.2 Å². The molecule has 0 amide bonds. The van der Waals surface area contributed by atoms with E-state index in [1.807, 2.05) is 0 Å². The quantitative estimate of drug-likeness (QED) is 0.0291. The molecule has 0 aliphatic carbocycles. The third kappa shape index (κ3) is 26.7. The monoisotopic (exact) mass is 791 g/mol. The van der Waals surface area contributed by atoms with Crippen molar-refractivity contribution in [2.75, 3.05) is 26.4 Å². The minimum atomic E-state index is -1.56. The fourth-order valence-corrected chi connectivity index (χ4v) is 6.61. The van der Waals surface area contributed by atoms with Crippen molar-refractivity contribution < 1.29 is 44.2 Å². The molecule has 1 fully saturated rings. The van der Waals surface area contributed by atoms with E-state index < -0.39 is 43.4 Å². The van der Waals surface area contributed by atoms with Gasteiger partial charge >= 0.3 is 5.97 Å². The summed E-state index contributed by atoms with van der Waals surface area (Å²) in [7, 11) is 0. The van der Waals surface area contributed by atoms with Crippen LogP contribution in [-0.4, -0.2) is 89.6 Å². The van der Waals surface area contributed by atoms with Crippen LogP contribution >= 0.6 is 0 Å². The minimum Gasteiger partial charge on any atom is -0.457 e. The molecular formula is C47H82O9. The van der Waals surface area contributed by atoms with Crippen LogP contribution in [0.25, 0.3) is 0 Å². The summed E-state index contributed by atoms with van der Waals surface area (Å²) in [6.45, 7) is 13.3. The van der Waals surface area contributed by atoms with Gasteiger partial charge in [-0.15, -0.1) is 0 Å². The van der Waals surface area contributed by atoms with E-state index in [0.717, 1.165) is 69.1 Å². The Morgan fingerprint density at radius 3 is 1.89 bits per heavy atom. The van der Waals surface area contributed by atoms with Gasteiger partial charge in [0.15, 0.2) is 6.29 Å². The predicted molar refractivity (Wildman–Crippen MR) is 228 cm³/mol. The zero-order valence-electron chi connectivity index (χ0n) is 36.1. The lowest BCUT2D eigenvalue weighted by molar-refractivity contribution is -0.305. The number of carbonyl (C=O) groups is 1. The first kappa shape index (κ1) is 51.9. The predicted octanol–water partition coefficient (Wildman–Crippen LogP) is 9.48. The largest absolute Gasteiger partial charge is 0.457 e. The number of unbranched alkanes of at least 4 members (excludes halogenated alkanes) is 2. The Bertz CT molecular complexity index is 1110. The maximum Gasteiger partial charge on any atom is 0.306 e. The van der Waals surface area contributed by atoms with E-state index >= 15 is 0 Å². The number of ether oxygens (including phenoxy) is 4. The first-order chi connectivity index (χ1) is 27.0. The van der Waals surface area contributed by atoms with Crippen LogP contribution in [0, 0.1) is 17.8 Å². The van der Waals surface area contributed by atoms with Gasteiger partial charge in [0.25, 0.3) is 0 Å². The van der Waals surface area contributed by atoms with Crippen LogP contribution in [0.5, 0.6) is 0 Å². The summed E-state index contributed by atoms with van der Waals surface area (Å²) in [6.07, 6.45) is 29.5. The molecule has 0 saturated carbocycles. The van der Waals surface area contributed by atoms with Crippen molar-refractivity contribution in [2.45, 2.75) is 188 Å². The molecule has 8 unspecified atom stereocenters. The molecule has 56 heavy (non-hydrogen) atoms. The van der Waals surface area contributed by atoms with Crippen molar-refractivity contribution in [3.8, 4) is 0 Å². The maximum atomic E-state index is 12.8. The summed E-state index contributed by atoms with van der Waals surface area (Å²) in [5, 5.41) is 40.2. The van der Waals surface area contributed by atoms with Gasteiger partial charge in [0.05, 0.1) is 26.4 Å². The van der Waals surface area contributed by atoms with E-state index in [0.29, 0.717) is 13.0 Å².